The summed E-state index contributed by atoms with van der Waals surface area (Å²) in [6.07, 6.45) is 0.887. The number of urea groups is 1. The van der Waals surface area contributed by atoms with Crippen LogP contribution in [0.2, 0.25) is 0 Å². The second kappa shape index (κ2) is 6.40. The number of nitrogens with one attached hydrogen (secondary N) is 2. The van der Waals surface area contributed by atoms with E-state index in [4.69, 9.17) is 5.73 Å². The number of carbonyl (C=O) groups excluding carboxylic acids is 1. The van der Waals surface area contributed by atoms with E-state index in [-0.39, 0.29) is 11.4 Å². The molecule has 18 heavy (non-hydrogen) atoms. The van der Waals surface area contributed by atoms with Crippen LogP contribution in [-0.2, 0) is 0 Å². The van der Waals surface area contributed by atoms with E-state index in [1.807, 2.05) is 31.2 Å². The summed E-state index contributed by atoms with van der Waals surface area (Å²) in [5.74, 6) is 0. The lowest BCUT2D eigenvalue weighted by atomic mass is 9.89. The molecule has 2 amide bonds. The molecule has 4 nitrogen and oxygen atoms in total. The Bertz CT molecular complexity index is 402. The highest BCUT2D eigenvalue weighted by Crippen LogP contribution is 2.17. The highest BCUT2D eigenvalue weighted by atomic mass is 16.2. The quantitative estimate of drug-likeness (QED) is 0.750. The molecule has 0 radical (unpaired) electrons. The van der Waals surface area contributed by atoms with Crippen molar-refractivity contribution in [3.05, 3.63) is 29.8 Å². The number of amides is 2. The molecule has 0 unspecified atom stereocenters. The molecule has 100 valence electrons. The molecular weight excluding hydrogens is 226 g/mol. The van der Waals surface area contributed by atoms with Gasteiger partial charge in [0.05, 0.1) is 0 Å². The zero-order chi connectivity index (χ0) is 13.6. The highest BCUT2D eigenvalue weighted by molar-refractivity contribution is 5.89. The Hall–Kier alpha value is -1.55. The maximum atomic E-state index is 11.7. The Morgan fingerprint density at radius 2 is 2.11 bits per heavy atom. The van der Waals surface area contributed by atoms with Gasteiger partial charge in [0.25, 0.3) is 0 Å². The Morgan fingerprint density at radius 1 is 1.39 bits per heavy atom. The van der Waals surface area contributed by atoms with Crippen LogP contribution in [-0.4, -0.2) is 19.1 Å². The van der Waals surface area contributed by atoms with Crippen LogP contribution in [0, 0.1) is 12.3 Å². The van der Waals surface area contributed by atoms with Crippen LogP contribution in [0.4, 0.5) is 10.5 Å². The van der Waals surface area contributed by atoms with Gasteiger partial charge < -0.3 is 16.4 Å². The first kappa shape index (κ1) is 14.5. The van der Waals surface area contributed by atoms with Crippen LogP contribution in [0.1, 0.15) is 25.8 Å². The summed E-state index contributed by atoms with van der Waals surface area (Å²) < 4.78 is 0. The van der Waals surface area contributed by atoms with Crippen LogP contribution >= 0.6 is 0 Å². The minimum absolute atomic E-state index is 0.0265. The largest absolute Gasteiger partial charge is 0.337 e. The van der Waals surface area contributed by atoms with Gasteiger partial charge in [-0.05, 0) is 43.0 Å². The molecule has 0 bridgehead atoms. The Morgan fingerprint density at radius 3 is 2.72 bits per heavy atom. The predicted molar refractivity (Wildman–Crippen MR) is 75.7 cm³/mol. The van der Waals surface area contributed by atoms with Crippen LogP contribution in [0.25, 0.3) is 0 Å². The van der Waals surface area contributed by atoms with Crippen LogP contribution in [0.5, 0.6) is 0 Å². The molecule has 0 spiro atoms. The lowest BCUT2D eigenvalue weighted by Crippen LogP contribution is -2.37. The van der Waals surface area contributed by atoms with E-state index in [2.05, 4.69) is 24.5 Å². The third kappa shape index (κ3) is 5.19. The molecule has 0 aliphatic carbocycles. The minimum Gasteiger partial charge on any atom is -0.337 e. The summed E-state index contributed by atoms with van der Waals surface area (Å²) in [7, 11) is 0. The summed E-state index contributed by atoms with van der Waals surface area (Å²) >= 11 is 0. The fourth-order valence-corrected chi connectivity index (χ4v) is 1.70. The Kier molecular flexibility index (Phi) is 5.16. The van der Waals surface area contributed by atoms with E-state index in [0.717, 1.165) is 17.7 Å². The van der Waals surface area contributed by atoms with Crippen molar-refractivity contribution >= 4 is 11.7 Å². The van der Waals surface area contributed by atoms with Crippen molar-refractivity contribution in [2.24, 2.45) is 11.1 Å². The van der Waals surface area contributed by atoms with E-state index in [9.17, 15) is 4.79 Å². The molecule has 4 N–H and O–H groups in total. The molecule has 0 aliphatic heterocycles. The molecule has 0 aliphatic rings. The minimum atomic E-state index is -0.175. The molecule has 0 heterocycles. The van der Waals surface area contributed by atoms with Crippen LogP contribution in [0.3, 0.4) is 0 Å². The average molecular weight is 249 g/mol. The first-order chi connectivity index (χ1) is 8.43. The number of anilines is 1. The fraction of sp³-hybridized carbons (Fsp3) is 0.500. The van der Waals surface area contributed by atoms with Crippen molar-refractivity contribution in [3.8, 4) is 0 Å². The van der Waals surface area contributed by atoms with E-state index in [0.29, 0.717) is 13.1 Å². The zero-order valence-corrected chi connectivity index (χ0v) is 11.4. The lowest BCUT2D eigenvalue weighted by Gasteiger charge is -2.24. The number of hydrogen-bond acceptors (Lipinski definition) is 2. The summed E-state index contributed by atoms with van der Waals surface area (Å²) in [6, 6.07) is 7.55. The normalized spacial score (nSPS) is 11.1. The van der Waals surface area contributed by atoms with Crippen molar-refractivity contribution in [2.45, 2.75) is 27.2 Å². The van der Waals surface area contributed by atoms with Gasteiger partial charge in [-0.3, -0.25) is 0 Å². The predicted octanol–water partition coefficient (Wildman–Crippen LogP) is 2.49. The molecular formula is C14H23N3O. The van der Waals surface area contributed by atoms with E-state index >= 15 is 0 Å². The third-order valence-electron chi connectivity index (χ3n) is 2.82. The van der Waals surface area contributed by atoms with Gasteiger partial charge in [-0.15, -0.1) is 0 Å². The monoisotopic (exact) mass is 249 g/mol. The molecule has 0 aromatic heterocycles. The number of nitrogens with two attached hydrogens (primary N) is 1. The number of benzene rings is 1. The summed E-state index contributed by atoms with van der Waals surface area (Å²) in [6.45, 7) is 7.42. The first-order valence-electron chi connectivity index (χ1n) is 6.24. The molecule has 0 atom stereocenters. The van der Waals surface area contributed by atoms with Gasteiger partial charge >= 0.3 is 6.03 Å². The fourth-order valence-electron chi connectivity index (χ4n) is 1.70. The second-order valence-corrected chi connectivity index (χ2v) is 5.38. The lowest BCUT2D eigenvalue weighted by molar-refractivity contribution is 0.243. The van der Waals surface area contributed by atoms with Gasteiger partial charge in [0.2, 0.25) is 0 Å². The van der Waals surface area contributed by atoms with Crippen molar-refractivity contribution in [1.29, 1.82) is 0 Å². The molecule has 0 saturated carbocycles. The number of aryl methyl sites for hydroxylation is 1. The molecule has 1 rings (SSSR count). The second-order valence-electron chi connectivity index (χ2n) is 5.38. The van der Waals surface area contributed by atoms with Gasteiger partial charge in [0.15, 0.2) is 0 Å². The third-order valence-corrected chi connectivity index (χ3v) is 2.82. The van der Waals surface area contributed by atoms with E-state index in [1.54, 1.807) is 0 Å². The van der Waals surface area contributed by atoms with Crippen molar-refractivity contribution in [3.63, 3.8) is 0 Å². The van der Waals surface area contributed by atoms with Gasteiger partial charge in [-0.25, -0.2) is 4.79 Å². The number of carbonyl (C=O) groups is 1. The molecule has 1 aromatic carbocycles. The van der Waals surface area contributed by atoms with Gasteiger partial charge in [0, 0.05) is 12.2 Å². The summed E-state index contributed by atoms with van der Waals surface area (Å²) in [4.78, 5) is 11.7. The molecule has 0 fully saturated rings. The highest BCUT2D eigenvalue weighted by Gasteiger charge is 2.17. The number of rotatable bonds is 5. The zero-order valence-electron chi connectivity index (χ0n) is 11.4. The standard InChI is InChI=1S/C14H23N3O/c1-11-5-4-6-12(9-11)17-13(18)16-10-14(2,3)7-8-15/h4-6,9H,7-8,10,15H2,1-3H3,(H2,16,17,18). The topological polar surface area (TPSA) is 67.2 Å². The molecule has 1 aromatic rings. The van der Waals surface area contributed by atoms with Gasteiger partial charge in [0.1, 0.15) is 0 Å². The van der Waals surface area contributed by atoms with Crippen molar-refractivity contribution in [1.82, 2.24) is 5.32 Å². The van der Waals surface area contributed by atoms with Crippen molar-refractivity contribution < 1.29 is 4.79 Å². The van der Waals surface area contributed by atoms with E-state index < -0.39 is 0 Å². The summed E-state index contributed by atoms with van der Waals surface area (Å²) in [5.41, 5.74) is 7.49. The maximum absolute atomic E-state index is 11.7. The first-order valence-corrected chi connectivity index (χ1v) is 6.24. The maximum Gasteiger partial charge on any atom is 0.319 e. The Balaban J connectivity index is 2.43. The Labute approximate surface area is 109 Å². The van der Waals surface area contributed by atoms with Gasteiger partial charge in [-0.2, -0.15) is 0 Å². The summed E-state index contributed by atoms with van der Waals surface area (Å²) in [5, 5.41) is 5.69. The van der Waals surface area contributed by atoms with Crippen LogP contribution < -0.4 is 16.4 Å². The van der Waals surface area contributed by atoms with Crippen LogP contribution in [0.15, 0.2) is 24.3 Å². The molecule has 4 heteroatoms. The average Bonchev–Trinajstić information content (AvgIpc) is 2.26. The molecule has 0 saturated heterocycles. The van der Waals surface area contributed by atoms with Gasteiger partial charge in [-0.1, -0.05) is 26.0 Å². The number of hydrogen-bond donors (Lipinski definition) is 3. The van der Waals surface area contributed by atoms with E-state index in [1.165, 1.54) is 0 Å². The van der Waals surface area contributed by atoms with Crippen molar-refractivity contribution in [2.75, 3.05) is 18.4 Å². The smallest absolute Gasteiger partial charge is 0.319 e. The SMILES string of the molecule is Cc1cccc(NC(=O)NCC(C)(C)CCN)c1.